The van der Waals surface area contributed by atoms with Crippen molar-refractivity contribution >= 4 is 54.9 Å². The van der Waals surface area contributed by atoms with Crippen LogP contribution < -0.4 is 16.4 Å². The molecule has 10 atom stereocenters. The van der Waals surface area contributed by atoms with Crippen molar-refractivity contribution in [3.8, 4) is 0 Å². The van der Waals surface area contributed by atoms with E-state index >= 15 is 4.39 Å². The number of alkyl halides is 1. The quantitative estimate of drug-likeness (QED) is 0.122. The van der Waals surface area contributed by atoms with E-state index in [4.69, 9.17) is 28.8 Å². The van der Waals surface area contributed by atoms with Crippen molar-refractivity contribution in [2.75, 3.05) is 25.6 Å². The third-order valence-electron chi connectivity index (χ3n) is 7.90. The lowest BCUT2D eigenvalue weighted by Crippen LogP contribution is -2.43. The molecule has 4 aromatic heterocycles. The molecule has 2 bridgehead atoms. The highest BCUT2D eigenvalue weighted by molar-refractivity contribution is 8.44. The van der Waals surface area contributed by atoms with Gasteiger partial charge in [-0.05, 0) is 6.92 Å². The van der Waals surface area contributed by atoms with Gasteiger partial charge in [0.15, 0.2) is 41.3 Å². The SMILES string of the molecule is Cc1nc2c(ncn2C2OC3COP(=O)(O)NC4C(CO[P@](=O)(S)OC2C3CO)OC(n2cnc3c(N)ncnc32)C4F)c(=O)[nH]1. The highest BCUT2D eigenvalue weighted by Gasteiger charge is 2.53. The van der Waals surface area contributed by atoms with Gasteiger partial charge in [-0.2, -0.15) is 0 Å². The van der Waals surface area contributed by atoms with Crippen molar-refractivity contribution in [2.24, 2.45) is 5.92 Å². The van der Waals surface area contributed by atoms with Crippen LogP contribution in [0.4, 0.5) is 10.2 Å². The highest BCUT2D eigenvalue weighted by Crippen LogP contribution is 2.58. The van der Waals surface area contributed by atoms with Crippen LogP contribution in [0.5, 0.6) is 0 Å². The van der Waals surface area contributed by atoms with Gasteiger partial charge in [0, 0.05) is 5.92 Å². The fourth-order valence-corrected chi connectivity index (χ4v) is 8.39. The smallest absolute Gasteiger partial charge is 0.396 e. The van der Waals surface area contributed by atoms with Gasteiger partial charge < -0.3 is 30.2 Å². The molecule has 46 heavy (non-hydrogen) atoms. The summed E-state index contributed by atoms with van der Waals surface area (Å²) < 4.78 is 74.2. The fourth-order valence-electron chi connectivity index (χ4n) is 5.79. The van der Waals surface area contributed by atoms with Crippen LogP contribution >= 0.6 is 26.8 Å². The molecule has 0 aromatic carbocycles. The Balaban J connectivity index is 1.22. The normalized spacial score (nSPS) is 37.2. The number of nitrogens with one attached hydrogen (secondary N) is 2. The summed E-state index contributed by atoms with van der Waals surface area (Å²) >= 11 is 4.12. The molecule has 4 aromatic rings. The number of aromatic amines is 1. The second-order valence-electron chi connectivity index (χ2n) is 10.8. The van der Waals surface area contributed by atoms with Gasteiger partial charge in [0.1, 0.15) is 29.9 Å². The van der Waals surface area contributed by atoms with Gasteiger partial charge in [-0.25, -0.2) is 43.5 Å². The standard InChI is InChI=1S/C22H27FN10O10P2S/c1-8-29-19-15(20(35)30-8)28-7-33(19)22-16-9(2-34)10(41-22)3-39-44(36,37)31-13-11(4-40-45(38,46)43-16)42-21(12(13)23)32-6-27-14-17(24)25-5-26-18(14)32/h5-7,9-13,16,21-22,34H,2-4H2,1H3,(H,38,46)(H2,24,25,26)(H,29,30,35)(H2,31,36,37)/t9?,10?,11?,12?,13?,16?,21?,22?,45-/m0/s1. The van der Waals surface area contributed by atoms with Gasteiger partial charge in [-0.3, -0.25) is 27.5 Å². The molecule has 7 heterocycles. The zero-order valence-corrected chi connectivity index (χ0v) is 26.2. The molecule has 24 heteroatoms. The zero-order valence-electron chi connectivity index (χ0n) is 23.6. The highest BCUT2D eigenvalue weighted by atomic mass is 32.7. The maximum Gasteiger partial charge on any atom is 0.403 e. The van der Waals surface area contributed by atoms with Crippen LogP contribution in [-0.4, -0.2) is 99.4 Å². The predicted molar refractivity (Wildman–Crippen MR) is 156 cm³/mol. The Hall–Kier alpha value is -2.88. The van der Waals surface area contributed by atoms with E-state index < -0.39 is 88.8 Å². The van der Waals surface area contributed by atoms with E-state index in [9.17, 15) is 23.9 Å². The molecular weight excluding hydrogens is 677 g/mol. The number of nitrogens with zero attached hydrogens (tertiary/aromatic N) is 7. The number of thiol groups is 1. The van der Waals surface area contributed by atoms with E-state index in [1.165, 1.54) is 21.8 Å². The van der Waals surface area contributed by atoms with Crippen LogP contribution in [0.1, 0.15) is 18.3 Å². The molecule has 248 valence electrons. The van der Waals surface area contributed by atoms with E-state index in [-0.39, 0.29) is 34.0 Å². The van der Waals surface area contributed by atoms with Gasteiger partial charge in [0.2, 0.25) is 0 Å². The number of nitrogens with two attached hydrogens (primary N) is 1. The number of aromatic nitrogens is 8. The minimum Gasteiger partial charge on any atom is -0.396 e. The minimum atomic E-state index is -4.82. The summed E-state index contributed by atoms with van der Waals surface area (Å²) in [6.07, 6.45) is -4.87. The maximum atomic E-state index is 16.0. The number of ether oxygens (including phenoxy) is 2. The lowest BCUT2D eigenvalue weighted by molar-refractivity contribution is -0.0500. The van der Waals surface area contributed by atoms with Gasteiger partial charge in [0.05, 0.1) is 44.6 Å². The lowest BCUT2D eigenvalue weighted by atomic mass is 9.99. The predicted octanol–water partition coefficient (Wildman–Crippen LogP) is 0.120. The third-order valence-corrected chi connectivity index (χ3v) is 10.6. The number of halogens is 1. The Morgan fingerprint density at radius 3 is 2.52 bits per heavy atom. The molecule has 3 saturated heterocycles. The molecule has 7 rings (SSSR count). The average molecular weight is 705 g/mol. The van der Waals surface area contributed by atoms with Crippen LogP contribution in [-0.2, 0) is 32.2 Å². The average Bonchev–Trinajstić information content (AvgIpc) is 3.75. The number of imidazole rings is 2. The number of anilines is 1. The topological polar surface area (TPSA) is 266 Å². The van der Waals surface area contributed by atoms with E-state index in [0.717, 1.165) is 6.33 Å². The van der Waals surface area contributed by atoms with Crippen LogP contribution in [0, 0.1) is 12.8 Å². The van der Waals surface area contributed by atoms with Crippen molar-refractivity contribution < 1.29 is 46.6 Å². The lowest BCUT2D eigenvalue weighted by Gasteiger charge is -2.27. The molecule has 0 radical (unpaired) electrons. The second kappa shape index (κ2) is 11.7. The number of hydrogen-bond donors (Lipinski definition) is 6. The first-order valence-corrected chi connectivity index (χ1v) is 18.0. The summed E-state index contributed by atoms with van der Waals surface area (Å²) in [4.78, 5) is 46.2. The van der Waals surface area contributed by atoms with E-state index in [0.29, 0.717) is 0 Å². The number of nitrogen functional groups attached to an aromatic ring is 1. The fraction of sp³-hybridized carbons (Fsp3) is 0.545. The molecule has 3 fully saturated rings. The van der Waals surface area contributed by atoms with Crippen LogP contribution in [0.2, 0.25) is 0 Å². The van der Waals surface area contributed by atoms with Gasteiger partial charge in [-0.15, -0.1) is 0 Å². The number of aliphatic hydroxyl groups excluding tert-OH is 1. The van der Waals surface area contributed by atoms with Crippen LogP contribution in [0.3, 0.4) is 0 Å². The summed E-state index contributed by atoms with van der Waals surface area (Å²) in [5.74, 6) is -0.713. The van der Waals surface area contributed by atoms with Gasteiger partial charge in [0.25, 0.3) is 5.56 Å². The molecular formula is C22H27FN10O10P2S. The Labute approximate surface area is 262 Å². The zero-order chi connectivity index (χ0) is 32.5. The van der Waals surface area contributed by atoms with Gasteiger partial charge >= 0.3 is 14.5 Å². The van der Waals surface area contributed by atoms with Crippen LogP contribution in [0.15, 0.2) is 23.8 Å². The molecule has 9 unspecified atom stereocenters. The monoisotopic (exact) mass is 704 g/mol. The van der Waals surface area contributed by atoms with E-state index in [1.807, 2.05) is 0 Å². The number of rotatable bonds is 3. The molecule has 20 nitrogen and oxygen atoms in total. The summed E-state index contributed by atoms with van der Waals surface area (Å²) in [6, 6.07) is -1.55. The Morgan fingerprint density at radius 2 is 1.76 bits per heavy atom. The molecule has 3 aliphatic rings. The van der Waals surface area contributed by atoms with Crippen molar-refractivity contribution in [3.63, 3.8) is 0 Å². The Morgan fingerprint density at radius 1 is 1.07 bits per heavy atom. The van der Waals surface area contributed by atoms with Gasteiger partial charge in [-0.1, -0.05) is 12.2 Å². The maximum absolute atomic E-state index is 16.0. The van der Waals surface area contributed by atoms with Crippen molar-refractivity contribution in [1.82, 2.24) is 44.1 Å². The molecule has 0 spiro atoms. The first-order valence-electron chi connectivity index (χ1n) is 13.7. The number of aryl methyl sites for hydroxylation is 1. The molecule has 6 N–H and O–H groups in total. The minimum absolute atomic E-state index is 0.0310. The van der Waals surface area contributed by atoms with Crippen molar-refractivity contribution in [1.29, 1.82) is 0 Å². The number of hydrogen-bond acceptors (Lipinski definition) is 15. The molecule has 0 aliphatic carbocycles. The summed E-state index contributed by atoms with van der Waals surface area (Å²) in [7, 11) is -4.82. The molecule has 0 amide bonds. The number of fused-ring (bicyclic) bond motifs is 5. The van der Waals surface area contributed by atoms with Crippen molar-refractivity contribution in [3.05, 3.63) is 35.2 Å². The summed E-state index contributed by atoms with van der Waals surface area (Å²) in [5, 5.41) is 12.6. The Kier molecular flexibility index (Phi) is 8.04. The summed E-state index contributed by atoms with van der Waals surface area (Å²) in [5.41, 5.74) is 5.69. The number of aliphatic hydroxyl groups is 1. The third kappa shape index (κ3) is 5.56. The summed E-state index contributed by atoms with van der Waals surface area (Å²) in [6.45, 7) is -4.70. The Bertz CT molecular complexity index is 1960. The van der Waals surface area contributed by atoms with E-state index in [1.54, 1.807) is 6.92 Å². The second-order valence-corrected chi connectivity index (χ2v) is 15.2. The van der Waals surface area contributed by atoms with Crippen molar-refractivity contribution in [2.45, 2.75) is 49.9 Å². The number of H-pyrrole nitrogens is 1. The van der Waals surface area contributed by atoms with E-state index in [2.05, 4.69) is 47.2 Å². The molecule has 3 aliphatic heterocycles. The first kappa shape index (κ1) is 31.7. The first-order chi connectivity index (χ1) is 21.9. The van der Waals surface area contributed by atoms with Crippen LogP contribution in [0.25, 0.3) is 22.3 Å². The molecule has 0 saturated carbocycles. The largest absolute Gasteiger partial charge is 0.403 e.